The Hall–Kier alpha value is -2.67. The van der Waals surface area contributed by atoms with Crippen LogP contribution in [0.4, 0.5) is 0 Å². The maximum absolute atomic E-state index is 8.99. The molecular weight excluding hydrogens is 236 g/mol. The van der Waals surface area contributed by atoms with Crippen molar-refractivity contribution < 1.29 is 0 Å². The smallest absolute Gasteiger partial charge is 0.168 e. The van der Waals surface area contributed by atoms with Gasteiger partial charge in [-0.1, -0.05) is 17.7 Å². The van der Waals surface area contributed by atoms with Gasteiger partial charge in [0.25, 0.3) is 0 Å². The molecule has 0 spiro atoms. The maximum atomic E-state index is 8.99. The van der Waals surface area contributed by atoms with Gasteiger partial charge in [-0.15, -0.1) is 10.2 Å². The van der Waals surface area contributed by atoms with Gasteiger partial charge < -0.3 is 0 Å². The molecule has 0 fully saturated rings. The minimum Gasteiger partial charge on any atom is -0.281 e. The van der Waals surface area contributed by atoms with E-state index in [1.807, 2.05) is 18.2 Å². The molecule has 2 aromatic heterocycles. The second-order valence-electron chi connectivity index (χ2n) is 4.60. The van der Waals surface area contributed by atoms with E-state index in [1.165, 1.54) is 5.56 Å². The third-order valence-electron chi connectivity index (χ3n) is 3.17. The fourth-order valence-electron chi connectivity index (χ4n) is 2.12. The van der Waals surface area contributed by atoms with E-state index in [4.69, 9.17) is 5.26 Å². The lowest BCUT2D eigenvalue weighted by Gasteiger charge is -2.05. The third-order valence-corrected chi connectivity index (χ3v) is 3.17. The molecule has 0 atom stereocenters. The van der Waals surface area contributed by atoms with Gasteiger partial charge >= 0.3 is 0 Å². The third kappa shape index (κ3) is 1.85. The van der Waals surface area contributed by atoms with Gasteiger partial charge in [0.2, 0.25) is 0 Å². The van der Waals surface area contributed by atoms with Crippen molar-refractivity contribution in [2.75, 3.05) is 0 Å². The first-order valence-corrected chi connectivity index (χ1v) is 6.01. The SMILES string of the molecule is Cc1ccc(C)c(-c2nnc3ccc(C#N)cn23)c1. The van der Waals surface area contributed by atoms with E-state index >= 15 is 0 Å². The summed E-state index contributed by atoms with van der Waals surface area (Å²) in [7, 11) is 0. The fraction of sp³-hybridized carbons (Fsp3) is 0.133. The standard InChI is InChI=1S/C15H12N4/c1-10-3-4-11(2)13(7-10)15-18-17-14-6-5-12(8-16)9-19(14)15/h3-7,9H,1-2H3. The average molecular weight is 248 g/mol. The molecule has 4 heteroatoms. The summed E-state index contributed by atoms with van der Waals surface area (Å²) in [6, 6.07) is 11.9. The molecule has 92 valence electrons. The number of rotatable bonds is 1. The normalized spacial score (nSPS) is 10.6. The molecule has 0 aliphatic rings. The van der Waals surface area contributed by atoms with E-state index < -0.39 is 0 Å². The number of nitrogens with zero attached hydrogens (tertiary/aromatic N) is 4. The molecule has 0 aliphatic carbocycles. The number of hydrogen-bond acceptors (Lipinski definition) is 3. The molecule has 2 heterocycles. The summed E-state index contributed by atoms with van der Waals surface area (Å²) in [5.74, 6) is 0.772. The van der Waals surface area contributed by atoms with E-state index in [-0.39, 0.29) is 0 Å². The van der Waals surface area contributed by atoms with Crippen LogP contribution in [0.2, 0.25) is 0 Å². The molecular formula is C15H12N4. The molecule has 4 nitrogen and oxygen atoms in total. The Morgan fingerprint density at radius 2 is 1.95 bits per heavy atom. The summed E-state index contributed by atoms with van der Waals surface area (Å²) in [5.41, 5.74) is 4.70. The van der Waals surface area contributed by atoms with Crippen molar-refractivity contribution in [2.45, 2.75) is 13.8 Å². The van der Waals surface area contributed by atoms with Crippen LogP contribution in [-0.4, -0.2) is 14.6 Å². The zero-order chi connectivity index (χ0) is 13.4. The van der Waals surface area contributed by atoms with Gasteiger partial charge in [-0.3, -0.25) is 4.40 Å². The largest absolute Gasteiger partial charge is 0.281 e. The molecule has 0 unspecified atom stereocenters. The van der Waals surface area contributed by atoms with Gasteiger partial charge in [-0.2, -0.15) is 5.26 Å². The van der Waals surface area contributed by atoms with Crippen molar-refractivity contribution in [2.24, 2.45) is 0 Å². The van der Waals surface area contributed by atoms with Gasteiger partial charge in [-0.05, 0) is 37.6 Å². The van der Waals surface area contributed by atoms with Crippen molar-refractivity contribution in [1.82, 2.24) is 14.6 Å². The first-order valence-electron chi connectivity index (χ1n) is 6.01. The topological polar surface area (TPSA) is 54.0 Å². The van der Waals surface area contributed by atoms with Crippen LogP contribution in [0.25, 0.3) is 17.0 Å². The van der Waals surface area contributed by atoms with E-state index in [9.17, 15) is 0 Å². The highest BCUT2D eigenvalue weighted by molar-refractivity contribution is 5.64. The van der Waals surface area contributed by atoms with Crippen LogP contribution >= 0.6 is 0 Å². The summed E-state index contributed by atoms with van der Waals surface area (Å²) >= 11 is 0. The highest BCUT2D eigenvalue weighted by Gasteiger charge is 2.11. The number of nitriles is 1. The van der Waals surface area contributed by atoms with E-state index in [1.54, 1.807) is 18.3 Å². The van der Waals surface area contributed by atoms with Crippen molar-refractivity contribution in [3.8, 4) is 17.5 Å². The lowest BCUT2D eigenvalue weighted by Crippen LogP contribution is -1.93. The van der Waals surface area contributed by atoms with Crippen LogP contribution in [0.15, 0.2) is 36.5 Å². The summed E-state index contributed by atoms with van der Waals surface area (Å²) in [6.07, 6.45) is 1.77. The van der Waals surface area contributed by atoms with Crippen LogP contribution in [0, 0.1) is 25.2 Å². The molecule has 1 aromatic carbocycles. The second-order valence-corrected chi connectivity index (χ2v) is 4.60. The molecule has 0 saturated carbocycles. The molecule has 0 bridgehead atoms. The van der Waals surface area contributed by atoms with Gasteiger partial charge in [0, 0.05) is 11.8 Å². The van der Waals surface area contributed by atoms with Crippen molar-refractivity contribution in [1.29, 1.82) is 5.26 Å². The molecule has 3 aromatic rings. The van der Waals surface area contributed by atoms with Crippen LogP contribution in [-0.2, 0) is 0 Å². The van der Waals surface area contributed by atoms with Gasteiger partial charge in [-0.25, -0.2) is 0 Å². The zero-order valence-electron chi connectivity index (χ0n) is 10.8. The Labute approximate surface area is 111 Å². The molecule has 3 rings (SSSR count). The Kier molecular flexibility index (Phi) is 2.53. The zero-order valence-corrected chi connectivity index (χ0v) is 10.8. The maximum Gasteiger partial charge on any atom is 0.168 e. The Morgan fingerprint density at radius 1 is 1.11 bits per heavy atom. The molecule has 19 heavy (non-hydrogen) atoms. The minimum atomic E-state index is 0.596. The molecule has 0 saturated heterocycles. The average Bonchev–Trinajstić information content (AvgIpc) is 2.84. The predicted octanol–water partition coefficient (Wildman–Crippen LogP) is 2.88. The number of benzene rings is 1. The first kappa shape index (κ1) is 11.4. The minimum absolute atomic E-state index is 0.596. The van der Waals surface area contributed by atoms with Gasteiger partial charge in [0.15, 0.2) is 11.5 Å². The summed E-state index contributed by atoms with van der Waals surface area (Å²) in [5, 5.41) is 17.4. The molecule has 0 amide bonds. The quantitative estimate of drug-likeness (QED) is 0.665. The highest BCUT2D eigenvalue weighted by Crippen LogP contribution is 2.23. The first-order chi connectivity index (χ1) is 9.19. The van der Waals surface area contributed by atoms with Gasteiger partial charge in [0.1, 0.15) is 6.07 Å². The highest BCUT2D eigenvalue weighted by atomic mass is 15.2. The number of aromatic nitrogens is 3. The molecule has 0 aliphatic heterocycles. The summed E-state index contributed by atoms with van der Waals surface area (Å²) < 4.78 is 1.86. The number of pyridine rings is 1. The number of fused-ring (bicyclic) bond motifs is 1. The summed E-state index contributed by atoms with van der Waals surface area (Å²) in [4.78, 5) is 0. The van der Waals surface area contributed by atoms with Crippen LogP contribution in [0.3, 0.4) is 0 Å². The lowest BCUT2D eigenvalue weighted by molar-refractivity contribution is 1.10. The Balaban J connectivity index is 2.31. The Morgan fingerprint density at radius 3 is 2.74 bits per heavy atom. The predicted molar refractivity (Wildman–Crippen MR) is 72.6 cm³/mol. The van der Waals surface area contributed by atoms with Crippen molar-refractivity contribution in [3.63, 3.8) is 0 Å². The van der Waals surface area contributed by atoms with E-state index in [0.717, 1.165) is 22.6 Å². The van der Waals surface area contributed by atoms with Crippen LogP contribution in [0.5, 0.6) is 0 Å². The Bertz CT molecular complexity index is 809. The molecule has 0 radical (unpaired) electrons. The number of hydrogen-bond donors (Lipinski definition) is 0. The second kappa shape index (κ2) is 4.21. The van der Waals surface area contributed by atoms with E-state index in [0.29, 0.717) is 5.56 Å². The van der Waals surface area contributed by atoms with E-state index in [2.05, 4.69) is 34.5 Å². The molecule has 0 N–H and O–H groups in total. The van der Waals surface area contributed by atoms with Crippen molar-refractivity contribution in [3.05, 3.63) is 53.2 Å². The number of aryl methyl sites for hydroxylation is 2. The van der Waals surface area contributed by atoms with Crippen LogP contribution in [0.1, 0.15) is 16.7 Å². The summed E-state index contributed by atoms with van der Waals surface area (Å²) in [6.45, 7) is 4.09. The lowest BCUT2D eigenvalue weighted by atomic mass is 10.1. The van der Waals surface area contributed by atoms with Gasteiger partial charge in [0.05, 0.1) is 5.56 Å². The fourth-order valence-corrected chi connectivity index (χ4v) is 2.12. The monoisotopic (exact) mass is 248 g/mol. The van der Waals surface area contributed by atoms with Crippen LogP contribution < -0.4 is 0 Å². The van der Waals surface area contributed by atoms with Crippen molar-refractivity contribution >= 4 is 5.65 Å².